The molecule has 7 nitrogen and oxygen atoms in total. The van der Waals surface area contributed by atoms with Gasteiger partial charge in [-0.05, 0) is 30.2 Å². The highest BCUT2D eigenvalue weighted by Gasteiger charge is 2.46. The molecule has 2 aromatic rings. The average molecular weight is 493 g/mol. The van der Waals surface area contributed by atoms with Crippen LogP contribution in [-0.4, -0.2) is 53.2 Å². The molecule has 2 aliphatic heterocycles. The molecule has 0 spiro atoms. The SMILES string of the molecule is O=C(Nc1ccc(Cl)cc1Cl)N[C@H]1C[C@H]2C(=O)N[C@@H](CSCc3ccccc3)C(=O)N2C1. The molecule has 0 unspecified atom stereocenters. The Morgan fingerprint density at radius 3 is 2.69 bits per heavy atom. The van der Waals surface area contributed by atoms with Crippen molar-refractivity contribution in [3.63, 3.8) is 0 Å². The number of thioether (sulfide) groups is 1. The first kappa shape index (κ1) is 22.8. The van der Waals surface area contributed by atoms with E-state index in [1.807, 2.05) is 30.3 Å². The molecule has 10 heteroatoms. The van der Waals surface area contributed by atoms with E-state index in [0.29, 0.717) is 34.5 Å². The molecule has 4 amide bonds. The molecule has 2 fully saturated rings. The summed E-state index contributed by atoms with van der Waals surface area (Å²) < 4.78 is 0. The fourth-order valence-electron chi connectivity index (χ4n) is 3.88. The highest BCUT2D eigenvalue weighted by atomic mass is 35.5. The van der Waals surface area contributed by atoms with Gasteiger partial charge in [-0.15, -0.1) is 0 Å². The number of fused-ring (bicyclic) bond motifs is 1. The standard InChI is InChI=1S/C22H22Cl2N4O3S/c23-14-6-7-17(16(24)8-14)27-22(31)25-15-9-19-20(29)26-18(21(30)28(19)10-15)12-32-11-13-4-2-1-3-5-13/h1-8,15,18-19H,9-12H2,(H,26,29)(H2,25,27,31)/t15-,18-,19-/m0/s1. The molecule has 4 rings (SSSR count). The van der Waals surface area contributed by atoms with Gasteiger partial charge in [-0.3, -0.25) is 9.59 Å². The summed E-state index contributed by atoms with van der Waals surface area (Å²) in [7, 11) is 0. The second kappa shape index (κ2) is 10.0. The quantitative estimate of drug-likeness (QED) is 0.575. The lowest BCUT2D eigenvalue weighted by Crippen LogP contribution is -2.61. The first-order chi connectivity index (χ1) is 15.4. The molecule has 0 aromatic heterocycles. The summed E-state index contributed by atoms with van der Waals surface area (Å²) in [6.07, 6.45) is 0.364. The molecular weight excluding hydrogens is 471 g/mol. The Bertz CT molecular complexity index is 1020. The van der Waals surface area contributed by atoms with Gasteiger partial charge in [-0.1, -0.05) is 53.5 Å². The summed E-state index contributed by atoms with van der Waals surface area (Å²) >= 11 is 13.6. The number of carbonyl (C=O) groups excluding carboxylic acids is 3. The fourth-order valence-corrected chi connectivity index (χ4v) is 5.34. The number of anilines is 1. The maximum atomic E-state index is 12.9. The Morgan fingerprint density at radius 2 is 1.94 bits per heavy atom. The van der Waals surface area contributed by atoms with Crippen molar-refractivity contribution in [2.75, 3.05) is 17.6 Å². The third kappa shape index (κ3) is 5.31. The maximum Gasteiger partial charge on any atom is 0.319 e. The van der Waals surface area contributed by atoms with Gasteiger partial charge in [0, 0.05) is 23.1 Å². The molecule has 3 atom stereocenters. The number of nitrogens with zero attached hydrogens (tertiary/aromatic N) is 1. The molecular formula is C22H22Cl2N4O3S. The smallest absolute Gasteiger partial charge is 0.319 e. The minimum atomic E-state index is -0.567. The summed E-state index contributed by atoms with van der Waals surface area (Å²) in [4.78, 5) is 39.5. The summed E-state index contributed by atoms with van der Waals surface area (Å²) in [6.45, 7) is 0.290. The maximum absolute atomic E-state index is 12.9. The van der Waals surface area contributed by atoms with Crippen LogP contribution in [0.2, 0.25) is 10.0 Å². The van der Waals surface area contributed by atoms with Gasteiger partial charge in [0.2, 0.25) is 11.8 Å². The van der Waals surface area contributed by atoms with Gasteiger partial charge in [0.25, 0.3) is 0 Å². The number of carbonyl (C=O) groups is 3. The highest BCUT2D eigenvalue weighted by Crippen LogP contribution is 2.27. The van der Waals surface area contributed by atoms with Crippen molar-refractivity contribution < 1.29 is 14.4 Å². The van der Waals surface area contributed by atoms with Gasteiger partial charge >= 0.3 is 6.03 Å². The third-order valence-corrected chi connectivity index (χ3v) is 7.07. The number of hydrogen-bond donors (Lipinski definition) is 3. The number of piperazine rings is 1. The Morgan fingerprint density at radius 1 is 1.16 bits per heavy atom. The van der Waals surface area contributed by atoms with Gasteiger partial charge in [-0.2, -0.15) is 11.8 Å². The Labute approximate surface area is 200 Å². The van der Waals surface area contributed by atoms with E-state index in [-0.39, 0.29) is 17.9 Å². The zero-order chi connectivity index (χ0) is 22.7. The molecule has 3 N–H and O–H groups in total. The van der Waals surface area contributed by atoms with Gasteiger partial charge in [0.15, 0.2) is 0 Å². The second-order valence-corrected chi connectivity index (χ2v) is 9.60. The summed E-state index contributed by atoms with van der Waals surface area (Å²) in [5.74, 6) is 0.971. The number of halogens is 2. The first-order valence-electron chi connectivity index (χ1n) is 10.2. The van der Waals surface area contributed by atoms with Crippen molar-refractivity contribution in [1.29, 1.82) is 0 Å². The summed E-state index contributed by atoms with van der Waals surface area (Å²) in [5.41, 5.74) is 1.59. The van der Waals surface area contributed by atoms with Crippen LogP contribution in [0.15, 0.2) is 48.5 Å². The van der Waals surface area contributed by atoms with E-state index >= 15 is 0 Å². The fraction of sp³-hybridized carbons (Fsp3) is 0.318. The van der Waals surface area contributed by atoms with E-state index in [1.54, 1.807) is 28.8 Å². The predicted molar refractivity (Wildman–Crippen MR) is 127 cm³/mol. The zero-order valence-electron chi connectivity index (χ0n) is 17.0. The molecule has 2 saturated heterocycles. The van der Waals surface area contributed by atoms with Crippen LogP contribution in [0.3, 0.4) is 0 Å². The molecule has 0 aliphatic carbocycles. The van der Waals surface area contributed by atoms with Crippen molar-refractivity contribution in [3.8, 4) is 0 Å². The van der Waals surface area contributed by atoms with Gasteiger partial charge in [-0.25, -0.2) is 4.79 Å². The van der Waals surface area contributed by atoms with Crippen LogP contribution in [0.25, 0.3) is 0 Å². The topological polar surface area (TPSA) is 90.5 Å². The number of benzene rings is 2. The van der Waals surface area contributed by atoms with Crippen LogP contribution >= 0.6 is 35.0 Å². The van der Waals surface area contributed by atoms with Crippen molar-refractivity contribution in [1.82, 2.24) is 15.5 Å². The molecule has 2 aromatic carbocycles. The largest absolute Gasteiger partial charge is 0.342 e. The number of amides is 4. The van der Waals surface area contributed by atoms with E-state index in [2.05, 4.69) is 16.0 Å². The minimum absolute atomic E-state index is 0.111. The first-order valence-corrected chi connectivity index (χ1v) is 12.1. The van der Waals surface area contributed by atoms with E-state index < -0.39 is 18.1 Å². The third-order valence-electron chi connectivity index (χ3n) is 5.41. The zero-order valence-corrected chi connectivity index (χ0v) is 19.3. The molecule has 0 saturated carbocycles. The van der Waals surface area contributed by atoms with E-state index in [9.17, 15) is 14.4 Å². The number of hydrogen-bond acceptors (Lipinski definition) is 4. The second-order valence-electron chi connectivity index (χ2n) is 7.72. The van der Waals surface area contributed by atoms with Gasteiger partial charge in [0.05, 0.1) is 16.8 Å². The molecule has 0 radical (unpaired) electrons. The predicted octanol–water partition coefficient (Wildman–Crippen LogP) is 3.52. The normalized spacial score (nSPS) is 22.3. The lowest BCUT2D eigenvalue weighted by atomic mass is 10.1. The Hall–Kier alpha value is -2.42. The number of urea groups is 1. The van der Waals surface area contributed by atoms with Crippen molar-refractivity contribution in [3.05, 3.63) is 64.1 Å². The molecule has 2 heterocycles. The molecule has 2 aliphatic rings. The van der Waals surface area contributed by atoms with E-state index in [4.69, 9.17) is 23.2 Å². The van der Waals surface area contributed by atoms with Crippen LogP contribution in [0.1, 0.15) is 12.0 Å². The Balaban J connectivity index is 1.30. The summed E-state index contributed by atoms with van der Waals surface area (Å²) in [6, 6.07) is 12.8. The van der Waals surface area contributed by atoms with Crippen LogP contribution in [0.5, 0.6) is 0 Å². The van der Waals surface area contributed by atoms with Crippen molar-refractivity contribution in [2.45, 2.75) is 30.3 Å². The van der Waals surface area contributed by atoms with Gasteiger partial charge in [0.1, 0.15) is 12.1 Å². The monoisotopic (exact) mass is 492 g/mol. The van der Waals surface area contributed by atoms with E-state index in [1.165, 1.54) is 11.6 Å². The summed E-state index contributed by atoms with van der Waals surface area (Å²) in [5, 5.41) is 9.13. The minimum Gasteiger partial charge on any atom is -0.342 e. The van der Waals surface area contributed by atoms with Crippen LogP contribution in [0, 0.1) is 0 Å². The Kier molecular flexibility index (Phi) is 7.13. The van der Waals surface area contributed by atoms with Crippen LogP contribution in [0.4, 0.5) is 10.5 Å². The van der Waals surface area contributed by atoms with Crippen molar-refractivity contribution >= 4 is 58.5 Å². The molecule has 168 valence electrons. The average Bonchev–Trinajstić information content (AvgIpc) is 3.19. The lowest BCUT2D eigenvalue weighted by Gasteiger charge is -2.34. The number of rotatable bonds is 6. The van der Waals surface area contributed by atoms with E-state index in [0.717, 1.165) is 5.75 Å². The van der Waals surface area contributed by atoms with Gasteiger partial charge < -0.3 is 20.9 Å². The highest BCUT2D eigenvalue weighted by molar-refractivity contribution is 7.98. The number of nitrogens with one attached hydrogen (secondary N) is 3. The molecule has 32 heavy (non-hydrogen) atoms. The lowest BCUT2D eigenvalue weighted by molar-refractivity contribution is -0.146. The van der Waals surface area contributed by atoms with Crippen LogP contribution in [-0.2, 0) is 15.3 Å². The van der Waals surface area contributed by atoms with Crippen molar-refractivity contribution in [2.24, 2.45) is 0 Å². The molecule has 0 bridgehead atoms. The van der Waals surface area contributed by atoms with Crippen LogP contribution < -0.4 is 16.0 Å².